The number of aliphatic hydroxyl groups is 2. The molecular weight excluding hydrogens is 200 g/mol. The Morgan fingerprint density at radius 1 is 1.73 bits per heavy atom. The zero-order valence-corrected chi connectivity index (χ0v) is 7.96. The van der Waals surface area contributed by atoms with Gasteiger partial charge in [-0.2, -0.15) is 0 Å². The van der Waals surface area contributed by atoms with E-state index >= 15 is 0 Å². The molecule has 0 spiro atoms. The number of carbonyl (C=O) groups excluding carboxylic acids is 1. The van der Waals surface area contributed by atoms with Crippen molar-refractivity contribution in [2.75, 3.05) is 13.2 Å². The van der Waals surface area contributed by atoms with E-state index in [0.717, 1.165) is 0 Å². The van der Waals surface area contributed by atoms with Gasteiger partial charge in [0.25, 0.3) is 0 Å². The summed E-state index contributed by atoms with van der Waals surface area (Å²) in [5, 5.41) is 17.3. The quantitative estimate of drug-likeness (QED) is 0.444. The highest BCUT2D eigenvalue weighted by Crippen LogP contribution is 1.95. The first kappa shape index (κ1) is 11.4. The zero-order valence-electron chi connectivity index (χ0n) is 7.96. The summed E-state index contributed by atoms with van der Waals surface area (Å²) in [5.41, 5.74) is 0.676. The van der Waals surface area contributed by atoms with Crippen molar-refractivity contribution in [1.29, 1.82) is 0 Å². The molecule has 0 bridgehead atoms. The Hall–Kier alpha value is -1.66. The van der Waals surface area contributed by atoms with Gasteiger partial charge in [-0.3, -0.25) is 0 Å². The van der Waals surface area contributed by atoms with Gasteiger partial charge in [0.05, 0.1) is 24.8 Å². The van der Waals surface area contributed by atoms with Crippen LogP contribution in [0.4, 0.5) is 0 Å². The molecule has 1 aromatic rings. The SMILES string of the molecule is O=C(/C=C/c1cnc[nH]1)OCC(O)CO. The number of aliphatic hydroxyl groups excluding tert-OH is 2. The Morgan fingerprint density at radius 2 is 2.53 bits per heavy atom. The lowest BCUT2D eigenvalue weighted by atomic mass is 10.4. The fraction of sp³-hybridized carbons (Fsp3) is 0.333. The molecule has 1 unspecified atom stereocenters. The number of imidazole rings is 1. The van der Waals surface area contributed by atoms with E-state index in [4.69, 9.17) is 10.2 Å². The van der Waals surface area contributed by atoms with E-state index in [9.17, 15) is 4.79 Å². The molecule has 3 N–H and O–H groups in total. The van der Waals surface area contributed by atoms with Crippen LogP contribution in [0.25, 0.3) is 6.08 Å². The van der Waals surface area contributed by atoms with Gasteiger partial charge in [0, 0.05) is 6.08 Å². The second kappa shape index (κ2) is 5.94. The summed E-state index contributed by atoms with van der Waals surface area (Å²) in [6, 6.07) is 0. The topological polar surface area (TPSA) is 95.4 Å². The summed E-state index contributed by atoms with van der Waals surface area (Å²) in [5.74, 6) is -0.586. The van der Waals surface area contributed by atoms with E-state index < -0.39 is 18.7 Å². The third-order valence-corrected chi connectivity index (χ3v) is 1.55. The van der Waals surface area contributed by atoms with E-state index in [2.05, 4.69) is 14.7 Å². The van der Waals surface area contributed by atoms with Crippen molar-refractivity contribution in [3.05, 3.63) is 24.3 Å². The van der Waals surface area contributed by atoms with Gasteiger partial charge in [0.2, 0.25) is 0 Å². The molecule has 0 aliphatic carbocycles. The average molecular weight is 212 g/mol. The third-order valence-electron chi connectivity index (χ3n) is 1.55. The number of aromatic nitrogens is 2. The number of H-pyrrole nitrogens is 1. The maximum absolute atomic E-state index is 11.0. The van der Waals surface area contributed by atoms with Gasteiger partial charge in [0.1, 0.15) is 12.7 Å². The second-order valence-electron chi connectivity index (χ2n) is 2.81. The smallest absolute Gasteiger partial charge is 0.330 e. The van der Waals surface area contributed by atoms with Gasteiger partial charge in [0.15, 0.2) is 0 Å². The minimum Gasteiger partial charge on any atom is -0.460 e. The van der Waals surface area contributed by atoms with Crippen LogP contribution in [0.1, 0.15) is 5.69 Å². The Kier molecular flexibility index (Phi) is 4.52. The van der Waals surface area contributed by atoms with E-state index in [1.165, 1.54) is 18.5 Å². The number of aromatic amines is 1. The van der Waals surface area contributed by atoms with Crippen molar-refractivity contribution in [3.8, 4) is 0 Å². The molecule has 0 radical (unpaired) electrons. The first-order valence-electron chi connectivity index (χ1n) is 4.34. The highest BCUT2D eigenvalue weighted by molar-refractivity contribution is 5.86. The van der Waals surface area contributed by atoms with Gasteiger partial charge in [-0.15, -0.1) is 0 Å². The summed E-state index contributed by atoms with van der Waals surface area (Å²) in [4.78, 5) is 17.6. The highest BCUT2D eigenvalue weighted by atomic mass is 16.5. The Balaban J connectivity index is 2.30. The van der Waals surface area contributed by atoms with Crippen molar-refractivity contribution in [2.24, 2.45) is 0 Å². The normalized spacial score (nSPS) is 12.9. The minimum absolute atomic E-state index is 0.220. The number of hydrogen-bond donors (Lipinski definition) is 3. The van der Waals surface area contributed by atoms with Crippen molar-refractivity contribution < 1.29 is 19.7 Å². The molecule has 0 amide bonds. The summed E-state index contributed by atoms with van der Waals surface area (Å²) in [7, 11) is 0. The van der Waals surface area contributed by atoms with Gasteiger partial charge in [-0.05, 0) is 6.08 Å². The Labute approximate surface area is 86.2 Å². The van der Waals surface area contributed by atoms with Gasteiger partial charge in [-0.25, -0.2) is 9.78 Å². The Bertz CT molecular complexity index is 321. The monoisotopic (exact) mass is 212 g/mol. The molecule has 6 nitrogen and oxygen atoms in total. The molecule has 82 valence electrons. The van der Waals surface area contributed by atoms with Crippen molar-refractivity contribution >= 4 is 12.0 Å². The molecule has 0 aliphatic heterocycles. The van der Waals surface area contributed by atoms with Crippen molar-refractivity contribution in [3.63, 3.8) is 0 Å². The zero-order chi connectivity index (χ0) is 11.1. The van der Waals surface area contributed by atoms with Gasteiger partial charge >= 0.3 is 5.97 Å². The number of hydrogen-bond acceptors (Lipinski definition) is 5. The molecule has 0 fully saturated rings. The standard InChI is InChI=1S/C9H12N2O4/c12-4-8(13)5-15-9(14)2-1-7-3-10-6-11-7/h1-3,6,8,12-13H,4-5H2,(H,10,11)/b2-1+. The van der Waals surface area contributed by atoms with Crippen LogP contribution < -0.4 is 0 Å². The maximum atomic E-state index is 11.0. The van der Waals surface area contributed by atoms with Crippen LogP contribution in [-0.2, 0) is 9.53 Å². The highest BCUT2D eigenvalue weighted by Gasteiger charge is 2.04. The maximum Gasteiger partial charge on any atom is 0.330 e. The summed E-state index contributed by atoms with van der Waals surface area (Å²) >= 11 is 0. The van der Waals surface area contributed by atoms with Crippen molar-refractivity contribution in [1.82, 2.24) is 9.97 Å². The average Bonchev–Trinajstić information content (AvgIpc) is 2.75. The molecule has 15 heavy (non-hydrogen) atoms. The molecule has 0 saturated heterocycles. The second-order valence-corrected chi connectivity index (χ2v) is 2.81. The number of esters is 1. The van der Waals surface area contributed by atoms with E-state index in [1.807, 2.05) is 0 Å². The predicted molar refractivity (Wildman–Crippen MR) is 51.7 cm³/mol. The molecule has 0 saturated carbocycles. The molecular formula is C9H12N2O4. The lowest BCUT2D eigenvalue weighted by molar-refractivity contribution is -0.141. The molecule has 6 heteroatoms. The first-order chi connectivity index (χ1) is 7.22. The van der Waals surface area contributed by atoms with Crippen LogP contribution in [0.3, 0.4) is 0 Å². The fourth-order valence-corrected chi connectivity index (χ4v) is 0.795. The molecule has 1 heterocycles. The van der Waals surface area contributed by atoms with Gasteiger partial charge < -0.3 is 19.9 Å². The van der Waals surface area contributed by atoms with E-state index in [-0.39, 0.29) is 6.61 Å². The number of nitrogens with one attached hydrogen (secondary N) is 1. The summed E-state index contributed by atoms with van der Waals surface area (Å²) in [6.45, 7) is -0.653. The number of nitrogens with zero attached hydrogens (tertiary/aromatic N) is 1. The predicted octanol–water partition coefficient (Wildman–Crippen LogP) is -0.681. The van der Waals surface area contributed by atoms with Crippen molar-refractivity contribution in [2.45, 2.75) is 6.10 Å². The third kappa shape index (κ3) is 4.39. The van der Waals surface area contributed by atoms with Crippen LogP contribution in [0.15, 0.2) is 18.6 Å². The molecule has 1 rings (SSSR count). The number of carbonyl (C=O) groups is 1. The Morgan fingerprint density at radius 3 is 3.13 bits per heavy atom. The fourth-order valence-electron chi connectivity index (χ4n) is 0.795. The molecule has 1 atom stereocenters. The lowest BCUT2D eigenvalue weighted by Gasteiger charge is -2.05. The summed E-state index contributed by atoms with van der Waals surface area (Å²) < 4.78 is 4.62. The summed E-state index contributed by atoms with van der Waals surface area (Å²) in [6.07, 6.45) is 4.71. The number of ether oxygens (including phenoxy) is 1. The van der Waals surface area contributed by atoms with Crippen LogP contribution in [0, 0.1) is 0 Å². The van der Waals surface area contributed by atoms with E-state index in [0.29, 0.717) is 5.69 Å². The largest absolute Gasteiger partial charge is 0.460 e. The molecule has 1 aromatic heterocycles. The van der Waals surface area contributed by atoms with Crippen LogP contribution in [-0.4, -0.2) is 45.5 Å². The lowest BCUT2D eigenvalue weighted by Crippen LogP contribution is -2.21. The molecule has 0 aliphatic rings. The number of rotatable bonds is 5. The van der Waals surface area contributed by atoms with Crippen LogP contribution in [0.2, 0.25) is 0 Å². The van der Waals surface area contributed by atoms with Crippen LogP contribution >= 0.6 is 0 Å². The van der Waals surface area contributed by atoms with Crippen LogP contribution in [0.5, 0.6) is 0 Å². The van der Waals surface area contributed by atoms with Gasteiger partial charge in [-0.1, -0.05) is 0 Å². The van der Waals surface area contributed by atoms with E-state index in [1.54, 1.807) is 6.20 Å². The minimum atomic E-state index is -1.03. The molecule has 0 aromatic carbocycles. The first-order valence-corrected chi connectivity index (χ1v) is 4.34.